The van der Waals surface area contributed by atoms with Gasteiger partial charge in [0.1, 0.15) is 22.9 Å². The Morgan fingerprint density at radius 3 is 2.71 bits per heavy atom. The van der Waals surface area contributed by atoms with Crippen molar-refractivity contribution in [2.45, 2.75) is 50.5 Å². The summed E-state index contributed by atoms with van der Waals surface area (Å²) in [4.78, 5) is 6.51. The van der Waals surface area contributed by atoms with Crippen LogP contribution in [0.25, 0.3) is 0 Å². The Morgan fingerprint density at radius 1 is 1.29 bits per heavy atom. The number of benzene rings is 1. The van der Waals surface area contributed by atoms with Gasteiger partial charge in [-0.05, 0) is 51.2 Å². The van der Waals surface area contributed by atoms with E-state index in [9.17, 15) is 18.6 Å². The topological polar surface area (TPSA) is 103 Å². The van der Waals surface area contributed by atoms with Crippen LogP contribution in [0.1, 0.15) is 32.0 Å². The predicted molar refractivity (Wildman–Crippen MR) is 130 cm³/mol. The van der Waals surface area contributed by atoms with Gasteiger partial charge in [-0.15, -0.1) is 0 Å². The molecule has 0 unspecified atom stereocenters. The number of aliphatic hydroxyl groups is 2. The third-order valence-corrected chi connectivity index (χ3v) is 7.76. The van der Waals surface area contributed by atoms with E-state index in [2.05, 4.69) is 21.7 Å². The second kappa shape index (κ2) is 11.3. The summed E-state index contributed by atoms with van der Waals surface area (Å²) >= 11 is 0. The molecule has 0 amide bonds. The fourth-order valence-electron chi connectivity index (χ4n) is 3.85. The summed E-state index contributed by atoms with van der Waals surface area (Å²) in [6.07, 6.45) is 0.625. The van der Waals surface area contributed by atoms with Crippen molar-refractivity contribution in [1.82, 2.24) is 14.2 Å². The van der Waals surface area contributed by atoms with Gasteiger partial charge in [0.25, 0.3) is 0 Å². The summed E-state index contributed by atoms with van der Waals surface area (Å²) in [6, 6.07) is 9.88. The van der Waals surface area contributed by atoms with Crippen LogP contribution in [0.5, 0.6) is 5.75 Å². The van der Waals surface area contributed by atoms with Crippen LogP contribution in [0.3, 0.4) is 0 Å². The van der Waals surface area contributed by atoms with Crippen molar-refractivity contribution in [3.8, 4) is 17.6 Å². The largest absolute Gasteiger partial charge is 0.487 e. The van der Waals surface area contributed by atoms with Crippen LogP contribution in [0.15, 0.2) is 47.5 Å². The standard InChI is InChI=1S/C25H33N3O5S/c1-18-14-28(19(2)17-29)34(31,32)25-11-10-21(9-8-20(3)30)13-23(25)33-24(18)16-27(4)15-22-7-5-6-12-26-22/h5-7,10-13,18-20,24,29-30H,14-17H2,1-4H3/t18-,19-,20+,24-/m1/s1. The molecule has 0 bridgehead atoms. The lowest BCUT2D eigenvalue weighted by molar-refractivity contribution is 0.0730. The zero-order chi connectivity index (χ0) is 24.9. The first-order chi connectivity index (χ1) is 16.1. The highest BCUT2D eigenvalue weighted by atomic mass is 32.2. The minimum absolute atomic E-state index is 0.0414. The second-order valence-corrected chi connectivity index (χ2v) is 10.7. The Bertz CT molecular complexity index is 1130. The van der Waals surface area contributed by atoms with Crippen LogP contribution < -0.4 is 4.74 Å². The summed E-state index contributed by atoms with van der Waals surface area (Å²) in [6.45, 7) is 6.30. The first-order valence-corrected chi connectivity index (χ1v) is 12.8. The van der Waals surface area contributed by atoms with Crippen LogP contribution in [0, 0.1) is 17.8 Å². The van der Waals surface area contributed by atoms with Crippen molar-refractivity contribution in [3.05, 3.63) is 53.9 Å². The number of sulfonamides is 1. The first kappa shape index (κ1) is 26.1. The van der Waals surface area contributed by atoms with Gasteiger partial charge in [0.15, 0.2) is 0 Å². The molecule has 0 fully saturated rings. The SMILES string of the molecule is C[C@H](O)C#Cc1ccc2c(c1)O[C@H](CN(C)Cc1ccccn1)[C@H](C)CN([C@H](C)CO)S2(=O)=O. The van der Waals surface area contributed by atoms with E-state index < -0.39 is 22.2 Å². The third kappa shape index (κ3) is 6.34. The Morgan fingerprint density at radius 2 is 2.06 bits per heavy atom. The number of pyridine rings is 1. The van der Waals surface area contributed by atoms with Gasteiger partial charge in [-0.1, -0.05) is 24.8 Å². The Hall–Kier alpha value is -2.48. The van der Waals surface area contributed by atoms with E-state index in [1.165, 1.54) is 10.4 Å². The number of ether oxygens (including phenoxy) is 1. The molecule has 3 rings (SSSR count). The highest BCUT2D eigenvalue weighted by molar-refractivity contribution is 7.89. The van der Waals surface area contributed by atoms with Crippen LogP contribution >= 0.6 is 0 Å². The van der Waals surface area contributed by atoms with Gasteiger partial charge < -0.3 is 14.9 Å². The zero-order valence-electron chi connectivity index (χ0n) is 20.0. The van der Waals surface area contributed by atoms with Crippen molar-refractivity contribution >= 4 is 10.0 Å². The molecule has 0 aliphatic carbocycles. The molecule has 184 valence electrons. The number of aromatic nitrogens is 1. The van der Waals surface area contributed by atoms with E-state index in [4.69, 9.17) is 4.74 Å². The molecule has 1 aromatic carbocycles. The Kier molecular flexibility index (Phi) is 8.68. The molecule has 2 N–H and O–H groups in total. The van der Waals surface area contributed by atoms with Crippen LogP contribution in [-0.4, -0.2) is 77.8 Å². The van der Waals surface area contributed by atoms with Crippen molar-refractivity contribution in [2.75, 3.05) is 26.7 Å². The van der Waals surface area contributed by atoms with Crippen molar-refractivity contribution in [1.29, 1.82) is 0 Å². The average molecular weight is 488 g/mol. The molecule has 9 heteroatoms. The Balaban J connectivity index is 1.99. The molecule has 0 saturated heterocycles. The zero-order valence-corrected chi connectivity index (χ0v) is 20.9. The van der Waals surface area contributed by atoms with Gasteiger partial charge >= 0.3 is 0 Å². The summed E-state index contributed by atoms with van der Waals surface area (Å²) in [7, 11) is -1.94. The van der Waals surface area contributed by atoms with E-state index in [0.717, 1.165) is 5.69 Å². The van der Waals surface area contributed by atoms with Crippen LogP contribution in [0.4, 0.5) is 0 Å². The average Bonchev–Trinajstić information content (AvgIpc) is 2.80. The molecular formula is C25H33N3O5S. The molecule has 8 nitrogen and oxygen atoms in total. The maximum atomic E-state index is 13.5. The van der Waals surface area contributed by atoms with E-state index in [0.29, 0.717) is 18.7 Å². The van der Waals surface area contributed by atoms with Crippen molar-refractivity contribution < 1.29 is 23.4 Å². The lowest BCUT2D eigenvalue weighted by atomic mass is 10.0. The van der Waals surface area contributed by atoms with Gasteiger partial charge in [0.05, 0.1) is 12.3 Å². The minimum atomic E-state index is -3.91. The smallest absolute Gasteiger partial charge is 0.247 e. The fourth-order valence-corrected chi connectivity index (χ4v) is 5.67. The first-order valence-electron chi connectivity index (χ1n) is 11.3. The second-order valence-electron chi connectivity index (χ2n) is 8.86. The maximum Gasteiger partial charge on any atom is 0.247 e. The highest BCUT2D eigenvalue weighted by Crippen LogP contribution is 2.34. The van der Waals surface area contributed by atoms with Gasteiger partial charge in [0, 0.05) is 43.4 Å². The summed E-state index contributed by atoms with van der Waals surface area (Å²) in [5.74, 6) is 5.59. The van der Waals surface area contributed by atoms with Gasteiger partial charge in [-0.3, -0.25) is 9.88 Å². The summed E-state index contributed by atoms with van der Waals surface area (Å²) in [5, 5.41) is 19.3. The van der Waals surface area contributed by atoms with Crippen LogP contribution in [0.2, 0.25) is 0 Å². The Labute approximate surface area is 202 Å². The molecule has 0 spiro atoms. The molecule has 1 aromatic heterocycles. The third-order valence-electron chi connectivity index (χ3n) is 5.74. The highest BCUT2D eigenvalue weighted by Gasteiger charge is 2.38. The van der Waals surface area contributed by atoms with Gasteiger partial charge in [-0.25, -0.2) is 8.42 Å². The monoisotopic (exact) mass is 487 g/mol. The molecular weight excluding hydrogens is 454 g/mol. The molecule has 2 heterocycles. The maximum absolute atomic E-state index is 13.5. The molecule has 1 aliphatic heterocycles. The fraction of sp³-hybridized carbons (Fsp3) is 0.480. The lowest BCUT2D eigenvalue weighted by Crippen LogP contribution is -2.49. The van der Waals surface area contributed by atoms with Crippen molar-refractivity contribution in [3.63, 3.8) is 0 Å². The van der Waals surface area contributed by atoms with Crippen LogP contribution in [-0.2, 0) is 16.6 Å². The lowest BCUT2D eigenvalue weighted by Gasteiger charge is -2.37. The van der Waals surface area contributed by atoms with Gasteiger partial charge in [0.2, 0.25) is 10.0 Å². The van der Waals surface area contributed by atoms with E-state index >= 15 is 0 Å². The number of fused-ring (bicyclic) bond motifs is 1. The van der Waals surface area contributed by atoms with E-state index in [1.54, 1.807) is 32.2 Å². The number of hydrogen-bond donors (Lipinski definition) is 2. The number of hydrogen-bond acceptors (Lipinski definition) is 7. The molecule has 34 heavy (non-hydrogen) atoms. The molecule has 0 saturated carbocycles. The van der Waals surface area contributed by atoms with E-state index in [-0.39, 0.29) is 35.8 Å². The quantitative estimate of drug-likeness (QED) is 0.598. The number of nitrogens with zero attached hydrogens (tertiary/aromatic N) is 3. The number of aliphatic hydroxyl groups excluding tert-OH is 2. The normalized spacial score (nSPS) is 21.9. The molecule has 0 radical (unpaired) electrons. The molecule has 4 atom stereocenters. The summed E-state index contributed by atoms with van der Waals surface area (Å²) in [5.41, 5.74) is 1.48. The minimum Gasteiger partial charge on any atom is -0.487 e. The molecule has 1 aliphatic rings. The molecule has 2 aromatic rings. The predicted octanol–water partition coefficient (Wildman–Crippen LogP) is 1.71. The summed E-state index contributed by atoms with van der Waals surface area (Å²) < 4.78 is 34.7. The number of rotatable bonds is 6. The van der Waals surface area contributed by atoms with E-state index in [1.807, 2.05) is 32.2 Å². The van der Waals surface area contributed by atoms with Gasteiger partial charge in [-0.2, -0.15) is 4.31 Å². The van der Waals surface area contributed by atoms with Crippen molar-refractivity contribution in [2.24, 2.45) is 5.92 Å². The number of likely N-dealkylation sites (N-methyl/N-ethyl adjacent to an activating group) is 1.